The first-order chi connectivity index (χ1) is 20.4. The van der Waals surface area contributed by atoms with Crippen molar-refractivity contribution in [1.82, 2.24) is 25.0 Å². The second kappa shape index (κ2) is 11.0. The number of carbonyl (C=O) groups is 3. The van der Waals surface area contributed by atoms with E-state index in [1.807, 2.05) is 0 Å². The predicted octanol–water partition coefficient (Wildman–Crippen LogP) is 1.36. The van der Waals surface area contributed by atoms with Crippen LogP contribution in [0.4, 0.5) is 21.5 Å². The van der Waals surface area contributed by atoms with Gasteiger partial charge in [0, 0.05) is 13.1 Å². The molecule has 7 N–H and O–H groups in total. The van der Waals surface area contributed by atoms with Crippen molar-refractivity contribution >= 4 is 40.6 Å². The van der Waals surface area contributed by atoms with Crippen LogP contribution in [0.5, 0.6) is 5.88 Å². The lowest BCUT2D eigenvalue weighted by molar-refractivity contribution is 0.0695. The second-order valence-electron chi connectivity index (χ2n) is 9.48. The normalized spacial score (nSPS) is 11.0. The summed E-state index contributed by atoms with van der Waals surface area (Å²) < 4.78 is 15.4. The van der Waals surface area contributed by atoms with Gasteiger partial charge in [0.15, 0.2) is 0 Å². The molecule has 0 radical (unpaired) electrons. The summed E-state index contributed by atoms with van der Waals surface area (Å²) in [6.07, 6.45) is 1.05. The third-order valence-electron chi connectivity index (χ3n) is 6.59. The van der Waals surface area contributed by atoms with Crippen molar-refractivity contribution in [3.05, 3.63) is 109 Å². The Bertz CT molecular complexity index is 2030. The van der Waals surface area contributed by atoms with Crippen LogP contribution in [0.15, 0.2) is 58.3 Å². The van der Waals surface area contributed by atoms with Crippen molar-refractivity contribution in [2.45, 2.75) is 20.0 Å². The van der Waals surface area contributed by atoms with Crippen LogP contribution in [0.2, 0.25) is 0 Å². The summed E-state index contributed by atoms with van der Waals surface area (Å²) in [7, 11) is 0. The fourth-order valence-electron chi connectivity index (χ4n) is 4.33. The van der Waals surface area contributed by atoms with E-state index in [0.717, 1.165) is 22.7 Å². The highest BCUT2D eigenvalue weighted by atomic mass is 19.1. The number of anilines is 3. The first-order valence-corrected chi connectivity index (χ1v) is 12.6. The van der Waals surface area contributed by atoms with E-state index in [1.54, 1.807) is 19.1 Å². The molecule has 0 spiro atoms. The molecule has 0 unspecified atom stereocenters. The second-order valence-corrected chi connectivity index (χ2v) is 9.48. The number of hydrogen-bond donors (Lipinski definition) is 6. The third kappa shape index (κ3) is 5.46. The van der Waals surface area contributed by atoms with Crippen LogP contribution in [0.3, 0.4) is 0 Å². The van der Waals surface area contributed by atoms with Crippen LogP contribution >= 0.6 is 0 Å². The van der Waals surface area contributed by atoms with E-state index in [9.17, 15) is 38.6 Å². The number of carboxylic acids is 1. The largest absolute Gasteiger partial charge is 0.493 e. The van der Waals surface area contributed by atoms with Gasteiger partial charge in [0.05, 0.1) is 17.4 Å². The number of carbonyl (C=O) groups excluding carboxylic acids is 2. The number of nitrogens with two attached hydrogens (primary N) is 1. The number of nitrogens with one attached hydrogen (secondary N) is 3. The van der Waals surface area contributed by atoms with Gasteiger partial charge in [0.1, 0.15) is 28.6 Å². The number of carboxylic acid groups (broad SMARTS) is 1. The van der Waals surface area contributed by atoms with E-state index in [0.29, 0.717) is 16.7 Å². The summed E-state index contributed by atoms with van der Waals surface area (Å²) in [6, 6.07) is 9.56. The number of amides is 2. The summed E-state index contributed by atoms with van der Waals surface area (Å²) in [5.74, 6) is -3.73. The van der Waals surface area contributed by atoms with Gasteiger partial charge in [-0.15, -0.1) is 0 Å². The number of rotatable bonds is 9. The fourth-order valence-corrected chi connectivity index (χ4v) is 4.33. The van der Waals surface area contributed by atoms with Crippen molar-refractivity contribution in [1.29, 1.82) is 0 Å². The number of halogens is 1. The number of benzene rings is 2. The summed E-state index contributed by atoms with van der Waals surface area (Å²) in [4.78, 5) is 68.4. The molecule has 5 rings (SSSR count). The maximum absolute atomic E-state index is 14.3. The Hall–Kier alpha value is -6.12. The van der Waals surface area contributed by atoms with Crippen molar-refractivity contribution in [2.24, 2.45) is 0 Å². The number of fused-ring (bicyclic) bond motifs is 1. The highest BCUT2D eigenvalue weighted by Gasteiger charge is 2.21. The van der Waals surface area contributed by atoms with E-state index < -0.39 is 40.3 Å². The fraction of sp³-hybridized carbons (Fsp3) is 0.107. The highest BCUT2D eigenvalue weighted by Crippen LogP contribution is 2.23. The maximum atomic E-state index is 14.3. The molecule has 0 atom stereocenters. The van der Waals surface area contributed by atoms with E-state index in [-0.39, 0.29) is 52.9 Å². The number of nitrogen functional groups attached to an aromatic ring is 1. The summed E-state index contributed by atoms with van der Waals surface area (Å²) in [5.41, 5.74) is 4.41. The number of hydrogen-bond acceptors (Lipinski definition) is 10. The summed E-state index contributed by atoms with van der Waals surface area (Å²) in [5, 5.41) is 27.2. The lowest BCUT2D eigenvalue weighted by Crippen LogP contribution is -2.36. The highest BCUT2D eigenvalue weighted by molar-refractivity contribution is 5.98. The summed E-state index contributed by atoms with van der Waals surface area (Å²) >= 11 is 0. The summed E-state index contributed by atoms with van der Waals surface area (Å²) in [6.45, 7) is 1.53. The Kier molecular flexibility index (Phi) is 7.29. The van der Waals surface area contributed by atoms with Gasteiger partial charge in [-0.2, -0.15) is 0 Å². The van der Waals surface area contributed by atoms with Crippen LogP contribution in [0.25, 0.3) is 5.78 Å². The van der Waals surface area contributed by atoms with E-state index in [1.165, 1.54) is 18.2 Å². The molecule has 0 fully saturated rings. The van der Waals surface area contributed by atoms with Crippen molar-refractivity contribution < 1.29 is 29.0 Å². The molecule has 0 saturated carbocycles. The first kappa shape index (κ1) is 28.4. The Balaban J connectivity index is 1.33. The number of imidazole rings is 1. The monoisotopic (exact) mass is 587 g/mol. The zero-order valence-electron chi connectivity index (χ0n) is 22.3. The molecule has 0 aliphatic heterocycles. The van der Waals surface area contributed by atoms with Crippen LogP contribution in [0.1, 0.15) is 48.0 Å². The maximum Gasteiger partial charge on any atom is 0.335 e. The van der Waals surface area contributed by atoms with E-state index >= 15 is 0 Å². The zero-order valence-corrected chi connectivity index (χ0v) is 22.3. The minimum Gasteiger partial charge on any atom is -0.493 e. The van der Waals surface area contributed by atoms with E-state index in [2.05, 4.69) is 25.9 Å². The smallest absolute Gasteiger partial charge is 0.335 e. The molecule has 14 nitrogen and oxygen atoms in total. The molecular weight excluding hydrogens is 565 g/mol. The van der Waals surface area contributed by atoms with E-state index in [4.69, 9.17) is 5.73 Å². The topological polar surface area (TPSA) is 218 Å². The average molecular weight is 588 g/mol. The molecule has 218 valence electrons. The Morgan fingerprint density at radius 2 is 1.65 bits per heavy atom. The van der Waals surface area contributed by atoms with Crippen molar-refractivity contribution in [3.63, 3.8) is 0 Å². The van der Waals surface area contributed by atoms with Crippen LogP contribution in [-0.2, 0) is 13.1 Å². The Labute approximate surface area is 240 Å². The molecule has 2 heterocycles. The van der Waals surface area contributed by atoms with Gasteiger partial charge in [-0.25, -0.2) is 23.6 Å². The number of aryl methyl sites for hydroxylation is 1. The molecule has 2 aromatic heterocycles. The van der Waals surface area contributed by atoms with Crippen molar-refractivity contribution in [3.8, 4) is 5.88 Å². The van der Waals surface area contributed by atoms with Gasteiger partial charge >= 0.3 is 5.97 Å². The molecule has 0 bridgehead atoms. The molecule has 15 heteroatoms. The molecule has 3 aromatic carbocycles. The Morgan fingerprint density at radius 1 is 0.977 bits per heavy atom. The number of aromatic carboxylic acids is 1. The lowest BCUT2D eigenvalue weighted by atomic mass is 10.1. The van der Waals surface area contributed by atoms with Crippen LogP contribution < -0.4 is 32.5 Å². The van der Waals surface area contributed by atoms with Gasteiger partial charge in [0.25, 0.3) is 22.7 Å². The Morgan fingerprint density at radius 3 is 2.33 bits per heavy atom. The molecule has 0 aliphatic rings. The quantitative estimate of drug-likeness (QED) is 0.135. The number of aromatic nitrogens is 3. The predicted molar refractivity (Wildman–Crippen MR) is 151 cm³/mol. The average Bonchev–Trinajstić information content (AvgIpc) is 3.37. The van der Waals surface area contributed by atoms with Crippen LogP contribution in [-0.4, -0.2) is 42.4 Å². The SMILES string of the molecule is Cc1cc(CNC(=O)c2cc(C(=O)NCc3ccc(F)c(Nc4c(N)c(=O)c4=O)c3)n3c(O)cnc3n2)ccc1C(=O)O. The van der Waals surface area contributed by atoms with Gasteiger partial charge in [-0.3, -0.25) is 19.2 Å². The van der Waals surface area contributed by atoms with Gasteiger partial charge < -0.3 is 31.9 Å². The van der Waals surface area contributed by atoms with Crippen molar-refractivity contribution in [2.75, 3.05) is 11.1 Å². The molecule has 0 saturated heterocycles. The van der Waals surface area contributed by atoms with Gasteiger partial charge in [-0.05, 0) is 47.9 Å². The molecule has 43 heavy (non-hydrogen) atoms. The molecular formula is C28H22FN7O7. The van der Waals surface area contributed by atoms with Crippen LogP contribution in [0, 0.1) is 12.7 Å². The van der Waals surface area contributed by atoms with Gasteiger partial charge in [0.2, 0.25) is 11.7 Å². The number of nitrogens with zero attached hydrogens (tertiary/aromatic N) is 3. The molecule has 2 amide bonds. The zero-order chi connectivity index (χ0) is 31.0. The molecule has 0 aliphatic carbocycles. The molecule has 5 aromatic rings. The number of aromatic hydroxyl groups is 1. The minimum absolute atomic E-state index is 0.0386. The standard InChI is InChI=1S/C28H22FN7O7/c1-12-6-13(2-4-15(12)27(42)43)9-31-25(40)18-8-19(36-20(37)11-33-28(36)35-18)26(41)32-10-14-3-5-16(29)17(7-14)34-22-21(30)23(38)24(22)39/h2-8,11,34,37H,9-10,30H2,1H3,(H,31,40)(H,32,41)(H,42,43). The van der Waals surface area contributed by atoms with Gasteiger partial charge in [-0.1, -0.05) is 18.2 Å². The minimum atomic E-state index is -1.07. The third-order valence-corrected chi connectivity index (χ3v) is 6.59. The lowest BCUT2D eigenvalue weighted by Gasteiger charge is -2.13. The first-order valence-electron chi connectivity index (χ1n) is 12.6.